The molecular weight excluding hydrogens is 220 g/mol. The highest BCUT2D eigenvalue weighted by molar-refractivity contribution is 5.72. The molecule has 0 unspecified atom stereocenters. The summed E-state index contributed by atoms with van der Waals surface area (Å²) in [5.74, 6) is 1.03. The highest BCUT2D eigenvalue weighted by atomic mass is 16.5. The second-order valence-electron chi connectivity index (χ2n) is 4.47. The molecule has 0 spiro atoms. The van der Waals surface area contributed by atoms with Crippen LogP contribution in [0.3, 0.4) is 0 Å². The molecule has 0 bridgehead atoms. The van der Waals surface area contributed by atoms with Crippen LogP contribution in [-0.4, -0.2) is 7.11 Å². The zero-order chi connectivity index (χ0) is 12.8. The molecule has 0 aliphatic carbocycles. The van der Waals surface area contributed by atoms with Gasteiger partial charge in [-0.15, -0.1) is 0 Å². The van der Waals surface area contributed by atoms with Crippen LogP contribution in [0, 0.1) is 0 Å². The van der Waals surface area contributed by atoms with Gasteiger partial charge in [0.2, 0.25) is 0 Å². The molecule has 1 heteroatoms. The van der Waals surface area contributed by atoms with Gasteiger partial charge in [-0.25, -0.2) is 0 Å². The summed E-state index contributed by atoms with van der Waals surface area (Å²) < 4.78 is 5.63. The number of ether oxygens (including phenoxy) is 1. The molecule has 1 nitrogen and oxygen atoms in total. The predicted molar refractivity (Wildman–Crippen MR) is 77.0 cm³/mol. The summed E-state index contributed by atoms with van der Waals surface area (Å²) in [6, 6.07) is 16.8. The van der Waals surface area contributed by atoms with E-state index in [0.29, 0.717) is 0 Å². The van der Waals surface area contributed by atoms with Crippen molar-refractivity contribution in [3.63, 3.8) is 0 Å². The number of hydrogen-bond donors (Lipinski definition) is 0. The van der Waals surface area contributed by atoms with Crippen molar-refractivity contribution in [2.75, 3.05) is 7.11 Å². The smallest absolute Gasteiger partial charge is 0.129 e. The minimum absolute atomic E-state index is 1.03. The van der Waals surface area contributed by atoms with E-state index in [-0.39, 0.29) is 0 Å². The van der Waals surface area contributed by atoms with Crippen molar-refractivity contribution < 1.29 is 4.74 Å². The summed E-state index contributed by atoms with van der Waals surface area (Å²) >= 11 is 0. The summed E-state index contributed by atoms with van der Waals surface area (Å²) in [7, 11) is 1.76. The normalized spacial score (nSPS) is 10.3. The number of methoxy groups -OCH3 is 1. The molecule has 0 radical (unpaired) electrons. The maximum absolute atomic E-state index is 5.63. The van der Waals surface area contributed by atoms with Crippen LogP contribution in [-0.2, 0) is 6.42 Å². The van der Waals surface area contributed by atoms with Crippen LogP contribution in [0.4, 0.5) is 0 Å². The van der Waals surface area contributed by atoms with Crippen LogP contribution in [0.2, 0.25) is 0 Å². The number of hydrogen-bond acceptors (Lipinski definition) is 1. The summed E-state index contributed by atoms with van der Waals surface area (Å²) in [5.41, 5.74) is 3.71. The van der Waals surface area contributed by atoms with Crippen molar-refractivity contribution in [1.29, 1.82) is 0 Å². The lowest BCUT2D eigenvalue weighted by atomic mass is 9.99. The van der Waals surface area contributed by atoms with Gasteiger partial charge in [-0.05, 0) is 24.0 Å². The molecule has 0 N–H and O–H groups in total. The zero-order valence-corrected chi connectivity index (χ0v) is 11.1. The average Bonchev–Trinajstić information content (AvgIpc) is 2.45. The van der Waals surface area contributed by atoms with Crippen molar-refractivity contribution in [1.82, 2.24) is 0 Å². The van der Waals surface area contributed by atoms with Gasteiger partial charge in [-0.3, -0.25) is 0 Å². The van der Waals surface area contributed by atoms with Crippen LogP contribution in [0.1, 0.15) is 25.3 Å². The third-order valence-electron chi connectivity index (χ3n) is 3.19. The zero-order valence-electron chi connectivity index (χ0n) is 11.1. The van der Waals surface area contributed by atoms with Gasteiger partial charge < -0.3 is 4.74 Å². The molecule has 2 aromatic rings. The van der Waals surface area contributed by atoms with Gasteiger partial charge in [0.1, 0.15) is 5.75 Å². The van der Waals surface area contributed by atoms with E-state index in [9.17, 15) is 0 Å². The lowest BCUT2D eigenvalue weighted by Gasteiger charge is -2.13. The second-order valence-corrected chi connectivity index (χ2v) is 4.47. The fourth-order valence-corrected chi connectivity index (χ4v) is 2.24. The van der Waals surface area contributed by atoms with Crippen molar-refractivity contribution >= 4 is 0 Å². The van der Waals surface area contributed by atoms with Gasteiger partial charge in [-0.1, -0.05) is 61.9 Å². The fraction of sp³-hybridized carbons (Fsp3) is 0.294. The van der Waals surface area contributed by atoms with Crippen molar-refractivity contribution in [3.8, 4) is 16.9 Å². The quantitative estimate of drug-likeness (QED) is 0.735. The summed E-state index contributed by atoms with van der Waals surface area (Å²) in [6.45, 7) is 2.22. The van der Waals surface area contributed by atoms with E-state index >= 15 is 0 Å². The van der Waals surface area contributed by atoms with E-state index < -0.39 is 0 Å². The van der Waals surface area contributed by atoms with Crippen LogP contribution in [0.5, 0.6) is 5.75 Å². The summed E-state index contributed by atoms with van der Waals surface area (Å²) in [5, 5.41) is 0. The van der Waals surface area contributed by atoms with Crippen LogP contribution in [0.15, 0.2) is 48.5 Å². The van der Waals surface area contributed by atoms with E-state index in [4.69, 9.17) is 4.74 Å². The lowest BCUT2D eigenvalue weighted by molar-refractivity contribution is 0.410. The molecule has 0 heterocycles. The highest BCUT2D eigenvalue weighted by Gasteiger charge is 2.09. The van der Waals surface area contributed by atoms with E-state index in [1.165, 1.54) is 29.5 Å². The Bertz CT molecular complexity index is 488. The maximum atomic E-state index is 5.63. The van der Waals surface area contributed by atoms with E-state index in [2.05, 4.69) is 49.4 Å². The van der Waals surface area contributed by atoms with Crippen LogP contribution >= 0.6 is 0 Å². The first-order chi connectivity index (χ1) is 8.86. The Kier molecular flexibility index (Phi) is 4.40. The van der Waals surface area contributed by atoms with Gasteiger partial charge in [0.05, 0.1) is 7.11 Å². The number of benzene rings is 2. The monoisotopic (exact) mass is 240 g/mol. The van der Waals surface area contributed by atoms with Crippen molar-refractivity contribution in [2.45, 2.75) is 26.2 Å². The molecule has 2 aromatic carbocycles. The Hall–Kier alpha value is -1.76. The van der Waals surface area contributed by atoms with E-state index in [0.717, 1.165) is 12.2 Å². The average molecular weight is 240 g/mol. The molecule has 0 amide bonds. The molecule has 0 fully saturated rings. The van der Waals surface area contributed by atoms with E-state index in [1.54, 1.807) is 7.11 Å². The topological polar surface area (TPSA) is 9.23 Å². The van der Waals surface area contributed by atoms with Crippen molar-refractivity contribution in [2.24, 2.45) is 0 Å². The Labute approximate surface area is 109 Å². The third kappa shape index (κ3) is 2.73. The molecule has 0 aromatic heterocycles. The van der Waals surface area contributed by atoms with Gasteiger partial charge in [-0.2, -0.15) is 0 Å². The first-order valence-corrected chi connectivity index (χ1v) is 6.58. The highest BCUT2D eigenvalue weighted by Crippen LogP contribution is 2.33. The Morgan fingerprint density at radius 3 is 2.39 bits per heavy atom. The standard InChI is InChI=1S/C17H20O/c1-3-4-9-15-12-8-13-16(17(15)18-2)14-10-6-5-7-11-14/h5-8,10-13H,3-4,9H2,1-2H3. The fourth-order valence-electron chi connectivity index (χ4n) is 2.24. The van der Waals surface area contributed by atoms with E-state index in [1.807, 2.05) is 6.07 Å². The Morgan fingerprint density at radius 2 is 1.72 bits per heavy atom. The molecule has 0 saturated carbocycles. The number of para-hydroxylation sites is 1. The predicted octanol–water partition coefficient (Wildman–Crippen LogP) is 4.70. The minimum Gasteiger partial charge on any atom is -0.496 e. The molecule has 0 atom stereocenters. The number of aryl methyl sites for hydroxylation is 1. The molecule has 0 saturated heterocycles. The van der Waals surface area contributed by atoms with Crippen molar-refractivity contribution in [3.05, 3.63) is 54.1 Å². The molecular formula is C17H20O. The Balaban J connectivity index is 2.41. The first kappa shape index (κ1) is 12.7. The summed E-state index contributed by atoms with van der Waals surface area (Å²) in [4.78, 5) is 0. The molecule has 0 aliphatic heterocycles. The first-order valence-electron chi connectivity index (χ1n) is 6.58. The maximum Gasteiger partial charge on any atom is 0.129 e. The van der Waals surface area contributed by atoms with Gasteiger partial charge in [0, 0.05) is 5.56 Å². The SMILES string of the molecule is CCCCc1cccc(-c2ccccc2)c1OC. The minimum atomic E-state index is 1.03. The molecule has 2 rings (SSSR count). The Morgan fingerprint density at radius 1 is 0.944 bits per heavy atom. The van der Waals surface area contributed by atoms with Crippen LogP contribution in [0.25, 0.3) is 11.1 Å². The van der Waals surface area contributed by atoms with Gasteiger partial charge >= 0.3 is 0 Å². The lowest BCUT2D eigenvalue weighted by Crippen LogP contribution is -1.95. The molecule has 18 heavy (non-hydrogen) atoms. The number of unbranched alkanes of at least 4 members (excludes halogenated alkanes) is 1. The molecule has 94 valence electrons. The second kappa shape index (κ2) is 6.25. The number of rotatable bonds is 5. The largest absolute Gasteiger partial charge is 0.496 e. The third-order valence-corrected chi connectivity index (χ3v) is 3.19. The van der Waals surface area contributed by atoms with Crippen LogP contribution < -0.4 is 4.74 Å². The van der Waals surface area contributed by atoms with Gasteiger partial charge in [0.15, 0.2) is 0 Å². The molecule has 0 aliphatic rings. The van der Waals surface area contributed by atoms with Gasteiger partial charge in [0.25, 0.3) is 0 Å². The summed E-state index contributed by atoms with van der Waals surface area (Å²) in [6.07, 6.45) is 3.49.